The normalized spacial score (nSPS) is 19.7. The third kappa shape index (κ3) is 6.18. The second kappa shape index (κ2) is 12.1. The number of benzene rings is 3. The lowest BCUT2D eigenvalue weighted by Crippen LogP contribution is -2.48. The molecule has 2 saturated heterocycles. The van der Waals surface area contributed by atoms with E-state index in [1.54, 1.807) is 0 Å². The first-order valence-corrected chi connectivity index (χ1v) is 13.6. The number of likely N-dealkylation sites (tertiary alicyclic amines) is 1. The smallest absolute Gasteiger partial charge is 0.223 e. The minimum absolute atomic E-state index is 0.291. The minimum Gasteiger partial charge on any atom is -0.343 e. The van der Waals surface area contributed by atoms with E-state index in [4.69, 9.17) is 11.6 Å². The van der Waals surface area contributed by atoms with E-state index in [2.05, 4.69) is 87.5 Å². The van der Waals surface area contributed by atoms with Crippen molar-refractivity contribution >= 4 is 17.5 Å². The van der Waals surface area contributed by atoms with Crippen molar-refractivity contribution in [1.29, 1.82) is 0 Å². The van der Waals surface area contributed by atoms with E-state index in [9.17, 15) is 4.79 Å². The molecule has 4 nitrogen and oxygen atoms in total. The Kier molecular flexibility index (Phi) is 8.37. The van der Waals surface area contributed by atoms with Crippen molar-refractivity contribution in [2.24, 2.45) is 0 Å². The number of amides is 1. The molecule has 2 heterocycles. The molecule has 3 aromatic rings. The van der Waals surface area contributed by atoms with E-state index in [0.29, 0.717) is 24.3 Å². The molecular formula is C31H36ClN3O. The van der Waals surface area contributed by atoms with Crippen molar-refractivity contribution in [2.75, 3.05) is 45.8 Å². The summed E-state index contributed by atoms with van der Waals surface area (Å²) in [5, 5.41) is 0.749. The molecule has 1 atom stereocenters. The summed E-state index contributed by atoms with van der Waals surface area (Å²) >= 11 is 6.02. The van der Waals surface area contributed by atoms with Gasteiger partial charge in [-0.15, -0.1) is 0 Å². The first-order chi connectivity index (χ1) is 17.7. The molecule has 0 N–H and O–H groups in total. The van der Waals surface area contributed by atoms with Crippen LogP contribution >= 0.6 is 11.6 Å². The quantitative estimate of drug-likeness (QED) is 0.387. The Morgan fingerprint density at radius 2 is 1.36 bits per heavy atom. The van der Waals surface area contributed by atoms with E-state index in [0.717, 1.165) is 63.7 Å². The Balaban J connectivity index is 1.09. The number of piperazine rings is 1. The Morgan fingerprint density at radius 1 is 0.750 bits per heavy atom. The zero-order valence-electron chi connectivity index (χ0n) is 20.9. The molecule has 3 aromatic carbocycles. The summed E-state index contributed by atoms with van der Waals surface area (Å²) in [5.74, 6) is 0.612. The molecule has 0 bridgehead atoms. The van der Waals surface area contributed by atoms with Gasteiger partial charge in [0.2, 0.25) is 5.91 Å². The molecule has 0 radical (unpaired) electrons. The van der Waals surface area contributed by atoms with Gasteiger partial charge in [-0.1, -0.05) is 84.4 Å². The van der Waals surface area contributed by atoms with Gasteiger partial charge in [-0.2, -0.15) is 0 Å². The highest BCUT2D eigenvalue weighted by Crippen LogP contribution is 2.31. The van der Waals surface area contributed by atoms with Crippen LogP contribution < -0.4 is 0 Å². The lowest BCUT2D eigenvalue weighted by Gasteiger charge is -2.40. The largest absolute Gasteiger partial charge is 0.343 e. The average Bonchev–Trinajstić information content (AvgIpc) is 2.92. The monoisotopic (exact) mass is 501 g/mol. The first-order valence-electron chi connectivity index (χ1n) is 13.3. The van der Waals surface area contributed by atoms with Gasteiger partial charge in [0.05, 0.1) is 6.04 Å². The van der Waals surface area contributed by atoms with Crippen LogP contribution in [-0.2, 0) is 4.79 Å². The molecule has 5 heteroatoms. The maximum atomic E-state index is 12.8. The van der Waals surface area contributed by atoms with Crippen molar-refractivity contribution in [1.82, 2.24) is 14.7 Å². The summed E-state index contributed by atoms with van der Waals surface area (Å²) in [7, 11) is 0. The summed E-state index contributed by atoms with van der Waals surface area (Å²) in [6.07, 6.45) is 2.69. The number of carbonyl (C=O) groups excluding carboxylic acids is 1. The number of hydrogen-bond acceptors (Lipinski definition) is 3. The molecule has 2 aliphatic rings. The van der Waals surface area contributed by atoms with Crippen molar-refractivity contribution in [3.05, 3.63) is 107 Å². The van der Waals surface area contributed by atoms with Crippen molar-refractivity contribution in [2.45, 2.75) is 31.2 Å². The molecule has 0 aromatic heterocycles. The average molecular weight is 502 g/mol. The first kappa shape index (κ1) is 25.0. The second-order valence-corrected chi connectivity index (χ2v) is 10.5. The summed E-state index contributed by atoms with van der Waals surface area (Å²) in [4.78, 5) is 20.0. The summed E-state index contributed by atoms with van der Waals surface area (Å²) in [6, 6.07) is 30.0. The fourth-order valence-electron chi connectivity index (χ4n) is 5.75. The van der Waals surface area contributed by atoms with Crippen LogP contribution in [0, 0.1) is 0 Å². The highest BCUT2D eigenvalue weighted by atomic mass is 35.5. The Bertz CT molecular complexity index is 1060. The van der Waals surface area contributed by atoms with Crippen LogP contribution in [0.2, 0.25) is 5.02 Å². The topological polar surface area (TPSA) is 26.8 Å². The van der Waals surface area contributed by atoms with Gasteiger partial charge < -0.3 is 9.80 Å². The van der Waals surface area contributed by atoms with E-state index >= 15 is 0 Å². The van der Waals surface area contributed by atoms with E-state index in [-0.39, 0.29) is 0 Å². The predicted molar refractivity (Wildman–Crippen MR) is 147 cm³/mol. The van der Waals surface area contributed by atoms with Crippen LogP contribution in [0.25, 0.3) is 0 Å². The van der Waals surface area contributed by atoms with E-state index < -0.39 is 0 Å². The number of halogens is 1. The van der Waals surface area contributed by atoms with E-state index in [1.165, 1.54) is 16.7 Å². The second-order valence-electron chi connectivity index (χ2n) is 10.1. The summed E-state index contributed by atoms with van der Waals surface area (Å²) in [5.41, 5.74) is 3.95. The zero-order valence-corrected chi connectivity index (χ0v) is 21.7. The third-order valence-electron chi connectivity index (χ3n) is 7.77. The van der Waals surface area contributed by atoms with Crippen LogP contribution in [0.1, 0.15) is 47.9 Å². The number of rotatable bonds is 8. The number of carbonyl (C=O) groups is 1. The lowest BCUT2D eigenvalue weighted by molar-refractivity contribution is -0.134. The maximum absolute atomic E-state index is 12.8. The van der Waals surface area contributed by atoms with Gasteiger partial charge in [-0.3, -0.25) is 9.69 Å². The highest BCUT2D eigenvalue weighted by Gasteiger charge is 2.28. The van der Waals surface area contributed by atoms with Crippen LogP contribution in [0.5, 0.6) is 0 Å². The van der Waals surface area contributed by atoms with Crippen LogP contribution in [0.4, 0.5) is 0 Å². The van der Waals surface area contributed by atoms with Gasteiger partial charge in [0, 0.05) is 50.7 Å². The molecule has 2 fully saturated rings. The van der Waals surface area contributed by atoms with Crippen molar-refractivity contribution < 1.29 is 4.79 Å². The van der Waals surface area contributed by atoms with Gasteiger partial charge in [0.25, 0.3) is 0 Å². The standard InChI is InChI=1S/C31H36ClN3O/c32-29-14-12-25(13-15-29)28-16-19-34(30(36)24-28)18-7-17-33-20-22-35(23-21-33)31(26-8-3-1-4-9-26)27-10-5-2-6-11-27/h1-6,8-15,28,31H,7,16-24H2. The Labute approximate surface area is 220 Å². The van der Waals surface area contributed by atoms with Crippen molar-refractivity contribution in [3.8, 4) is 0 Å². The van der Waals surface area contributed by atoms with Gasteiger partial charge in [0.1, 0.15) is 0 Å². The number of piperidine rings is 1. The zero-order chi connectivity index (χ0) is 24.7. The minimum atomic E-state index is 0.291. The molecule has 0 spiro atoms. The molecule has 1 amide bonds. The molecule has 5 rings (SSSR count). The number of hydrogen-bond donors (Lipinski definition) is 0. The van der Waals surface area contributed by atoms with Gasteiger partial charge in [-0.05, 0) is 54.1 Å². The third-order valence-corrected chi connectivity index (χ3v) is 8.02. The molecule has 0 saturated carbocycles. The summed E-state index contributed by atoms with van der Waals surface area (Å²) < 4.78 is 0. The maximum Gasteiger partial charge on any atom is 0.223 e. The van der Waals surface area contributed by atoms with Crippen LogP contribution in [-0.4, -0.2) is 66.4 Å². The summed E-state index contributed by atoms with van der Waals surface area (Å²) in [6.45, 7) is 7.03. The Morgan fingerprint density at radius 3 is 1.94 bits per heavy atom. The number of nitrogens with zero attached hydrogens (tertiary/aromatic N) is 3. The lowest BCUT2D eigenvalue weighted by atomic mass is 9.89. The Hall–Kier alpha value is -2.66. The van der Waals surface area contributed by atoms with Gasteiger partial charge >= 0.3 is 0 Å². The van der Waals surface area contributed by atoms with Gasteiger partial charge in [0.15, 0.2) is 0 Å². The highest BCUT2D eigenvalue weighted by molar-refractivity contribution is 6.30. The van der Waals surface area contributed by atoms with Gasteiger partial charge in [-0.25, -0.2) is 0 Å². The molecule has 1 unspecified atom stereocenters. The van der Waals surface area contributed by atoms with Crippen LogP contribution in [0.3, 0.4) is 0 Å². The molecular weight excluding hydrogens is 466 g/mol. The fraction of sp³-hybridized carbons (Fsp3) is 0.387. The predicted octanol–water partition coefficient (Wildman–Crippen LogP) is 5.84. The van der Waals surface area contributed by atoms with Crippen LogP contribution in [0.15, 0.2) is 84.9 Å². The molecule has 2 aliphatic heterocycles. The molecule has 0 aliphatic carbocycles. The molecule has 188 valence electrons. The SMILES string of the molecule is O=C1CC(c2ccc(Cl)cc2)CCN1CCCN1CCN(C(c2ccccc2)c2ccccc2)CC1. The fourth-order valence-corrected chi connectivity index (χ4v) is 5.88. The van der Waals surface area contributed by atoms with E-state index in [1.807, 2.05) is 12.1 Å². The van der Waals surface area contributed by atoms with Crippen molar-refractivity contribution in [3.63, 3.8) is 0 Å². The molecule has 36 heavy (non-hydrogen) atoms.